The van der Waals surface area contributed by atoms with E-state index in [0.29, 0.717) is 6.54 Å². The van der Waals surface area contributed by atoms with E-state index in [1.54, 1.807) is 11.8 Å². The summed E-state index contributed by atoms with van der Waals surface area (Å²) in [7, 11) is 0. The number of nitrogens with one attached hydrogen (secondary N) is 1. The third kappa shape index (κ3) is 3.56. The topological polar surface area (TPSA) is 58.6 Å². The molecule has 1 aliphatic rings. The molecule has 1 heterocycles. The van der Waals surface area contributed by atoms with Crippen molar-refractivity contribution in [3.05, 3.63) is 65.7 Å². The van der Waals surface area contributed by atoms with Crippen LogP contribution in [0.1, 0.15) is 18.1 Å². The van der Waals surface area contributed by atoms with E-state index in [2.05, 4.69) is 5.32 Å². The predicted octanol–water partition coefficient (Wildman–Crippen LogP) is 2.89. The standard InChI is InChI=1S/C19H20N2O3/c1-14(20-19(23)24-13-15-7-3-2-4-8-15)18(22)21-12-11-16-9-5-6-10-17(16)21/h2-10,14H,11-13H2,1H3,(H,20,23)/t14-/m0/s1. The summed E-state index contributed by atoms with van der Waals surface area (Å²) < 4.78 is 5.16. The van der Waals surface area contributed by atoms with Crippen LogP contribution in [0.4, 0.5) is 10.5 Å². The molecule has 0 spiro atoms. The van der Waals surface area contributed by atoms with Crippen LogP contribution in [0, 0.1) is 0 Å². The Kier molecular flexibility index (Phi) is 4.79. The van der Waals surface area contributed by atoms with Crippen LogP contribution in [0.5, 0.6) is 0 Å². The lowest BCUT2D eigenvalue weighted by atomic mass is 10.2. The Hall–Kier alpha value is -2.82. The van der Waals surface area contributed by atoms with Gasteiger partial charge in [-0.15, -0.1) is 0 Å². The van der Waals surface area contributed by atoms with Gasteiger partial charge >= 0.3 is 6.09 Å². The van der Waals surface area contributed by atoms with E-state index in [4.69, 9.17) is 4.74 Å². The van der Waals surface area contributed by atoms with Crippen LogP contribution in [-0.2, 0) is 22.6 Å². The summed E-state index contributed by atoms with van der Waals surface area (Å²) in [4.78, 5) is 26.2. The Morgan fingerprint density at radius 1 is 1.12 bits per heavy atom. The van der Waals surface area contributed by atoms with Crippen LogP contribution in [0.25, 0.3) is 0 Å². The zero-order valence-corrected chi connectivity index (χ0v) is 13.6. The number of alkyl carbamates (subject to hydrolysis) is 1. The van der Waals surface area contributed by atoms with Gasteiger partial charge in [0.05, 0.1) is 0 Å². The van der Waals surface area contributed by atoms with Gasteiger partial charge in [-0.3, -0.25) is 4.79 Å². The Bertz CT molecular complexity index is 730. The molecule has 5 nitrogen and oxygen atoms in total. The van der Waals surface area contributed by atoms with Crippen molar-refractivity contribution >= 4 is 17.7 Å². The van der Waals surface area contributed by atoms with Gasteiger partial charge in [-0.05, 0) is 30.5 Å². The summed E-state index contributed by atoms with van der Waals surface area (Å²) in [6, 6.07) is 16.6. The fourth-order valence-electron chi connectivity index (χ4n) is 2.80. The molecular weight excluding hydrogens is 304 g/mol. The first-order valence-electron chi connectivity index (χ1n) is 8.01. The molecular formula is C19H20N2O3. The van der Waals surface area contributed by atoms with Crippen molar-refractivity contribution in [2.75, 3.05) is 11.4 Å². The number of nitrogens with zero attached hydrogens (tertiary/aromatic N) is 1. The highest BCUT2D eigenvalue weighted by atomic mass is 16.5. The van der Waals surface area contributed by atoms with Crippen LogP contribution in [0.15, 0.2) is 54.6 Å². The fourth-order valence-corrected chi connectivity index (χ4v) is 2.80. The number of ether oxygens (including phenoxy) is 1. The first kappa shape index (κ1) is 16.1. The van der Waals surface area contributed by atoms with Gasteiger partial charge in [0.1, 0.15) is 12.6 Å². The molecule has 0 aromatic heterocycles. The summed E-state index contributed by atoms with van der Waals surface area (Å²) >= 11 is 0. The number of carbonyl (C=O) groups excluding carboxylic acids is 2. The van der Waals surface area contributed by atoms with Crippen LogP contribution in [0.2, 0.25) is 0 Å². The maximum absolute atomic E-state index is 12.6. The number of anilines is 1. The number of para-hydroxylation sites is 1. The lowest BCUT2D eigenvalue weighted by Crippen LogP contribution is -2.46. The normalized spacial score (nSPS) is 14.0. The number of hydrogen-bond acceptors (Lipinski definition) is 3. The molecule has 1 atom stereocenters. The third-order valence-electron chi connectivity index (χ3n) is 4.07. The molecule has 24 heavy (non-hydrogen) atoms. The zero-order valence-electron chi connectivity index (χ0n) is 13.6. The molecule has 0 fully saturated rings. The Morgan fingerprint density at radius 3 is 2.62 bits per heavy atom. The number of carbonyl (C=O) groups is 2. The minimum absolute atomic E-state index is 0.128. The molecule has 1 N–H and O–H groups in total. The Labute approximate surface area is 141 Å². The van der Waals surface area contributed by atoms with Crippen LogP contribution >= 0.6 is 0 Å². The predicted molar refractivity (Wildman–Crippen MR) is 91.7 cm³/mol. The lowest BCUT2D eigenvalue weighted by molar-refractivity contribution is -0.120. The molecule has 0 unspecified atom stereocenters. The van der Waals surface area contributed by atoms with Crippen molar-refractivity contribution < 1.29 is 14.3 Å². The second-order valence-electron chi connectivity index (χ2n) is 5.80. The van der Waals surface area contributed by atoms with Gasteiger partial charge in [-0.25, -0.2) is 4.79 Å². The smallest absolute Gasteiger partial charge is 0.408 e. The number of amides is 2. The van der Waals surface area contributed by atoms with Gasteiger partial charge in [-0.2, -0.15) is 0 Å². The van der Waals surface area contributed by atoms with Gasteiger partial charge < -0.3 is 15.0 Å². The van der Waals surface area contributed by atoms with Crippen LogP contribution < -0.4 is 10.2 Å². The third-order valence-corrected chi connectivity index (χ3v) is 4.07. The minimum Gasteiger partial charge on any atom is -0.445 e. The van der Waals surface area contributed by atoms with Crippen LogP contribution in [0.3, 0.4) is 0 Å². The van der Waals surface area contributed by atoms with Gasteiger partial charge in [-0.1, -0.05) is 48.5 Å². The number of hydrogen-bond donors (Lipinski definition) is 1. The van der Waals surface area contributed by atoms with E-state index in [-0.39, 0.29) is 12.5 Å². The molecule has 2 aromatic carbocycles. The lowest BCUT2D eigenvalue weighted by Gasteiger charge is -2.22. The fraction of sp³-hybridized carbons (Fsp3) is 0.263. The Morgan fingerprint density at radius 2 is 1.83 bits per heavy atom. The number of fused-ring (bicyclic) bond motifs is 1. The van der Waals surface area contributed by atoms with Crippen molar-refractivity contribution in [3.8, 4) is 0 Å². The molecule has 3 rings (SSSR count). The average molecular weight is 324 g/mol. The van der Waals surface area contributed by atoms with E-state index in [0.717, 1.165) is 23.2 Å². The van der Waals surface area contributed by atoms with Gasteiger partial charge in [0.15, 0.2) is 0 Å². The second-order valence-corrected chi connectivity index (χ2v) is 5.80. The molecule has 5 heteroatoms. The summed E-state index contributed by atoms with van der Waals surface area (Å²) in [6.07, 6.45) is 0.250. The average Bonchev–Trinajstić information content (AvgIpc) is 3.04. The van der Waals surface area contributed by atoms with E-state index in [9.17, 15) is 9.59 Å². The van der Waals surface area contributed by atoms with Gasteiger partial charge in [0, 0.05) is 12.2 Å². The second kappa shape index (κ2) is 7.17. The number of rotatable bonds is 4. The highest BCUT2D eigenvalue weighted by Gasteiger charge is 2.28. The quantitative estimate of drug-likeness (QED) is 0.941. The van der Waals surface area contributed by atoms with E-state index >= 15 is 0 Å². The largest absolute Gasteiger partial charge is 0.445 e. The summed E-state index contributed by atoms with van der Waals surface area (Å²) in [5.74, 6) is -0.128. The highest BCUT2D eigenvalue weighted by molar-refractivity contribution is 6.00. The monoisotopic (exact) mass is 324 g/mol. The molecule has 0 saturated heterocycles. The molecule has 2 aromatic rings. The Balaban J connectivity index is 1.54. The highest BCUT2D eigenvalue weighted by Crippen LogP contribution is 2.27. The van der Waals surface area contributed by atoms with Crippen molar-refractivity contribution in [2.24, 2.45) is 0 Å². The van der Waals surface area contributed by atoms with Crippen LogP contribution in [-0.4, -0.2) is 24.6 Å². The van der Waals surface area contributed by atoms with E-state index in [1.807, 2.05) is 54.6 Å². The molecule has 2 amide bonds. The molecule has 0 aliphatic carbocycles. The molecule has 0 bridgehead atoms. The maximum Gasteiger partial charge on any atom is 0.408 e. The van der Waals surface area contributed by atoms with Crippen molar-refractivity contribution in [2.45, 2.75) is 26.0 Å². The van der Waals surface area contributed by atoms with Crippen molar-refractivity contribution in [1.82, 2.24) is 5.32 Å². The van der Waals surface area contributed by atoms with Gasteiger partial charge in [0.25, 0.3) is 0 Å². The first-order valence-corrected chi connectivity index (χ1v) is 8.01. The molecule has 0 radical (unpaired) electrons. The van der Waals surface area contributed by atoms with Gasteiger partial charge in [0.2, 0.25) is 5.91 Å². The van der Waals surface area contributed by atoms with Crippen molar-refractivity contribution in [1.29, 1.82) is 0 Å². The van der Waals surface area contributed by atoms with E-state index < -0.39 is 12.1 Å². The summed E-state index contributed by atoms with van der Waals surface area (Å²) in [5, 5.41) is 2.61. The summed E-state index contributed by atoms with van der Waals surface area (Å²) in [6.45, 7) is 2.50. The minimum atomic E-state index is -0.639. The molecule has 0 saturated carbocycles. The SMILES string of the molecule is C[C@H](NC(=O)OCc1ccccc1)C(=O)N1CCc2ccccc21. The first-order chi connectivity index (χ1) is 11.6. The maximum atomic E-state index is 12.6. The van der Waals surface area contributed by atoms with E-state index in [1.165, 1.54) is 0 Å². The summed E-state index contributed by atoms with van der Waals surface area (Å²) in [5.41, 5.74) is 2.98. The van der Waals surface area contributed by atoms with Crippen molar-refractivity contribution in [3.63, 3.8) is 0 Å². The zero-order chi connectivity index (χ0) is 16.9. The molecule has 1 aliphatic heterocycles. The number of benzene rings is 2. The molecule has 124 valence electrons.